The topological polar surface area (TPSA) is 109 Å². The molecule has 9 heteroatoms. The zero-order chi connectivity index (χ0) is 20.1. The van der Waals surface area contributed by atoms with Gasteiger partial charge in [-0.1, -0.05) is 13.5 Å². The lowest BCUT2D eigenvalue weighted by Gasteiger charge is -2.14. The minimum absolute atomic E-state index is 0.109. The van der Waals surface area contributed by atoms with E-state index in [-0.39, 0.29) is 12.5 Å². The van der Waals surface area contributed by atoms with Gasteiger partial charge in [0.25, 0.3) is 0 Å². The van der Waals surface area contributed by atoms with Crippen molar-refractivity contribution < 1.29 is 9.84 Å². The van der Waals surface area contributed by atoms with Crippen molar-refractivity contribution in [3.8, 4) is 5.88 Å². The predicted octanol–water partition coefficient (Wildman–Crippen LogP) is 2.11. The molecule has 0 unspecified atom stereocenters. The number of hydrogen-bond acceptors (Lipinski definition) is 8. The average Bonchev–Trinajstić information content (AvgIpc) is 3.15. The second-order valence-corrected chi connectivity index (χ2v) is 6.40. The van der Waals surface area contributed by atoms with E-state index >= 15 is 0 Å². The van der Waals surface area contributed by atoms with Crippen LogP contribution >= 0.6 is 0 Å². The fourth-order valence-electron chi connectivity index (χ4n) is 2.66. The maximum Gasteiger partial charge on any atom is 0.237 e. The molecule has 3 aromatic rings. The Hall–Kier alpha value is -3.33. The summed E-state index contributed by atoms with van der Waals surface area (Å²) in [7, 11) is 3.39. The van der Waals surface area contributed by atoms with Crippen LogP contribution < -0.4 is 20.7 Å². The summed E-state index contributed by atoms with van der Waals surface area (Å²) >= 11 is 0. The first-order chi connectivity index (χ1) is 13.6. The van der Waals surface area contributed by atoms with Crippen LogP contribution in [-0.2, 0) is 0 Å². The van der Waals surface area contributed by atoms with Crippen molar-refractivity contribution in [2.45, 2.75) is 6.92 Å². The van der Waals surface area contributed by atoms with Crippen LogP contribution in [0.4, 0.5) is 17.3 Å². The molecule has 148 valence electrons. The Morgan fingerprint density at radius 1 is 1.43 bits per heavy atom. The van der Waals surface area contributed by atoms with E-state index in [2.05, 4.69) is 32.6 Å². The Balaban J connectivity index is 1.96. The summed E-state index contributed by atoms with van der Waals surface area (Å²) in [6.45, 7) is 6.77. The number of rotatable bonds is 9. The SMILES string of the molecule is C=C(NC[C@H](C)CO)c1cnn2c(NC)cc(Nc3cccnc3OC)nc12. The summed E-state index contributed by atoms with van der Waals surface area (Å²) in [6, 6.07) is 5.53. The molecule has 28 heavy (non-hydrogen) atoms. The highest BCUT2D eigenvalue weighted by Crippen LogP contribution is 2.27. The molecule has 0 fully saturated rings. The number of methoxy groups -OCH3 is 1. The van der Waals surface area contributed by atoms with Crippen molar-refractivity contribution in [1.82, 2.24) is 24.9 Å². The predicted molar refractivity (Wildman–Crippen MR) is 110 cm³/mol. The number of hydrogen-bond donors (Lipinski definition) is 4. The summed E-state index contributed by atoms with van der Waals surface area (Å²) in [4.78, 5) is 8.89. The quantitative estimate of drug-likeness (QED) is 0.445. The summed E-state index contributed by atoms with van der Waals surface area (Å²) in [5, 5.41) is 23.2. The molecular weight excluding hydrogens is 358 g/mol. The first-order valence-corrected chi connectivity index (χ1v) is 8.94. The van der Waals surface area contributed by atoms with Crippen LogP contribution in [0.5, 0.6) is 5.88 Å². The molecule has 4 N–H and O–H groups in total. The molecule has 3 heterocycles. The van der Waals surface area contributed by atoms with Crippen molar-refractivity contribution in [2.75, 3.05) is 37.9 Å². The van der Waals surface area contributed by atoms with Crippen LogP contribution in [0.15, 0.2) is 37.2 Å². The van der Waals surface area contributed by atoms with Gasteiger partial charge < -0.3 is 25.8 Å². The van der Waals surface area contributed by atoms with Gasteiger partial charge in [0.2, 0.25) is 5.88 Å². The number of aromatic nitrogens is 4. The van der Waals surface area contributed by atoms with Crippen LogP contribution in [0.2, 0.25) is 0 Å². The van der Waals surface area contributed by atoms with Gasteiger partial charge in [-0.25, -0.2) is 9.97 Å². The Bertz CT molecular complexity index is 970. The van der Waals surface area contributed by atoms with Gasteiger partial charge in [-0.15, -0.1) is 0 Å². The molecule has 0 bridgehead atoms. The smallest absolute Gasteiger partial charge is 0.237 e. The fraction of sp³-hybridized carbons (Fsp3) is 0.316. The van der Waals surface area contributed by atoms with Crippen molar-refractivity contribution in [1.29, 1.82) is 0 Å². The lowest BCUT2D eigenvalue weighted by atomic mass is 10.2. The summed E-state index contributed by atoms with van der Waals surface area (Å²) < 4.78 is 7.01. The maximum absolute atomic E-state index is 9.21. The number of anilines is 3. The highest BCUT2D eigenvalue weighted by molar-refractivity contribution is 5.76. The van der Waals surface area contributed by atoms with Gasteiger partial charge in [0.05, 0.1) is 18.9 Å². The van der Waals surface area contributed by atoms with Crippen LogP contribution in [0.1, 0.15) is 12.5 Å². The van der Waals surface area contributed by atoms with Crippen molar-refractivity contribution in [2.24, 2.45) is 5.92 Å². The van der Waals surface area contributed by atoms with E-state index in [1.54, 1.807) is 24.0 Å². The zero-order valence-corrected chi connectivity index (χ0v) is 16.2. The average molecular weight is 383 g/mol. The molecule has 0 aliphatic carbocycles. The van der Waals surface area contributed by atoms with E-state index in [1.165, 1.54) is 0 Å². The van der Waals surface area contributed by atoms with E-state index in [9.17, 15) is 5.11 Å². The van der Waals surface area contributed by atoms with Crippen molar-refractivity contribution >= 4 is 28.7 Å². The van der Waals surface area contributed by atoms with E-state index in [1.807, 2.05) is 32.2 Å². The van der Waals surface area contributed by atoms with Crippen LogP contribution in [0, 0.1) is 5.92 Å². The standard InChI is InChI=1S/C19H25N7O2/c1-12(11-27)9-22-13(2)14-10-23-26-17(20-3)8-16(25-18(14)26)24-15-6-5-7-21-19(15)28-4/h5-8,10,12,20,22,27H,2,9,11H2,1,3-4H3,(H,24,25)/t12-/m0/s1. The number of pyridine rings is 1. The third-order valence-corrected chi connectivity index (χ3v) is 4.26. The highest BCUT2D eigenvalue weighted by Gasteiger charge is 2.15. The van der Waals surface area contributed by atoms with Crippen molar-refractivity contribution in [3.63, 3.8) is 0 Å². The molecule has 0 spiro atoms. The summed E-state index contributed by atoms with van der Waals surface area (Å²) in [5.74, 6) is 1.97. The van der Waals surface area contributed by atoms with Gasteiger partial charge in [0, 0.05) is 38.2 Å². The summed E-state index contributed by atoms with van der Waals surface area (Å²) in [5.41, 5.74) is 2.83. The zero-order valence-electron chi connectivity index (χ0n) is 16.2. The first-order valence-electron chi connectivity index (χ1n) is 8.94. The number of ether oxygens (including phenoxy) is 1. The van der Waals surface area contributed by atoms with Gasteiger partial charge in [0.15, 0.2) is 5.65 Å². The molecule has 9 nitrogen and oxygen atoms in total. The molecular formula is C19H25N7O2. The normalized spacial score (nSPS) is 11.9. The second kappa shape index (κ2) is 8.57. The lowest BCUT2D eigenvalue weighted by Crippen LogP contribution is -2.21. The molecule has 0 aromatic carbocycles. The molecule has 1 atom stereocenters. The van der Waals surface area contributed by atoms with E-state index in [4.69, 9.17) is 9.72 Å². The molecule has 0 radical (unpaired) electrons. The molecule has 0 saturated carbocycles. The van der Waals surface area contributed by atoms with Crippen molar-refractivity contribution in [3.05, 3.63) is 42.7 Å². The Labute approximate surface area is 163 Å². The lowest BCUT2D eigenvalue weighted by molar-refractivity contribution is 0.237. The van der Waals surface area contributed by atoms with Crippen LogP contribution in [0.25, 0.3) is 11.3 Å². The second-order valence-electron chi connectivity index (χ2n) is 6.40. The van der Waals surface area contributed by atoms with Gasteiger partial charge in [0.1, 0.15) is 17.3 Å². The third kappa shape index (κ3) is 3.99. The number of nitrogens with zero attached hydrogens (tertiary/aromatic N) is 4. The summed E-state index contributed by atoms with van der Waals surface area (Å²) in [6.07, 6.45) is 3.38. The first kappa shape index (κ1) is 19.4. The molecule has 0 aliphatic rings. The minimum atomic E-state index is 0.109. The number of aliphatic hydroxyl groups is 1. The van der Waals surface area contributed by atoms with E-state index in [0.29, 0.717) is 35.3 Å². The van der Waals surface area contributed by atoms with Gasteiger partial charge in [-0.3, -0.25) is 0 Å². The van der Waals surface area contributed by atoms with E-state index in [0.717, 1.165) is 11.4 Å². The number of fused-ring (bicyclic) bond motifs is 1. The molecule has 3 rings (SSSR count). The Kier molecular flexibility index (Phi) is 5.95. The Morgan fingerprint density at radius 3 is 2.96 bits per heavy atom. The van der Waals surface area contributed by atoms with Gasteiger partial charge in [-0.05, 0) is 18.1 Å². The maximum atomic E-state index is 9.21. The number of nitrogens with one attached hydrogen (secondary N) is 3. The molecule has 0 aliphatic heterocycles. The van der Waals surface area contributed by atoms with E-state index < -0.39 is 0 Å². The third-order valence-electron chi connectivity index (χ3n) is 4.26. The highest BCUT2D eigenvalue weighted by atomic mass is 16.5. The largest absolute Gasteiger partial charge is 0.480 e. The molecule has 0 saturated heterocycles. The van der Waals surface area contributed by atoms with Crippen LogP contribution in [0.3, 0.4) is 0 Å². The minimum Gasteiger partial charge on any atom is -0.480 e. The van der Waals surface area contributed by atoms with Gasteiger partial charge >= 0.3 is 0 Å². The molecule has 3 aromatic heterocycles. The Morgan fingerprint density at radius 2 is 2.25 bits per heavy atom. The monoisotopic (exact) mass is 383 g/mol. The molecule has 0 amide bonds. The fourth-order valence-corrected chi connectivity index (χ4v) is 2.66. The van der Waals surface area contributed by atoms with Gasteiger partial charge in [-0.2, -0.15) is 9.61 Å². The van der Waals surface area contributed by atoms with Crippen LogP contribution in [-0.4, -0.2) is 52.0 Å². The number of aliphatic hydroxyl groups excluding tert-OH is 1.